The molecule has 7 heteroatoms. The first kappa shape index (κ1) is 51.1. The first-order valence-corrected chi connectivity index (χ1v) is 17.3. The largest absolute Gasteiger partial charge is 0.500 e. The van der Waals surface area contributed by atoms with Gasteiger partial charge in [0.15, 0.2) is 0 Å². The number of nitrogens with zero attached hydrogens (tertiary/aromatic N) is 5. The van der Waals surface area contributed by atoms with Gasteiger partial charge in [-0.25, -0.2) is 0 Å². The Morgan fingerprint density at radius 2 is 1.22 bits per heavy atom. The molecule has 256 valence electrons. The zero-order valence-electron chi connectivity index (χ0n) is 31.6. The van der Waals surface area contributed by atoms with E-state index < -0.39 is 0 Å². The third kappa shape index (κ3) is 40.5. The highest BCUT2D eigenvalue weighted by molar-refractivity contribution is 8.03. The van der Waals surface area contributed by atoms with Crippen molar-refractivity contribution in [3.8, 4) is 0 Å². The summed E-state index contributed by atoms with van der Waals surface area (Å²) in [5.41, 5.74) is 4.74. The molecular formula is C38H67N5OS. The fourth-order valence-corrected chi connectivity index (χ4v) is 2.86. The van der Waals surface area contributed by atoms with Crippen LogP contribution in [0.3, 0.4) is 0 Å². The molecule has 4 aromatic heterocycles. The van der Waals surface area contributed by atoms with Crippen LogP contribution in [0.2, 0.25) is 0 Å². The van der Waals surface area contributed by atoms with Crippen molar-refractivity contribution in [1.29, 1.82) is 0 Å². The van der Waals surface area contributed by atoms with Crippen molar-refractivity contribution in [1.82, 2.24) is 24.7 Å². The Balaban J connectivity index is -0.000000138. The Labute approximate surface area is 283 Å². The van der Waals surface area contributed by atoms with E-state index in [1.807, 2.05) is 181 Å². The molecule has 0 atom stereocenters. The summed E-state index contributed by atoms with van der Waals surface area (Å²) >= 11 is 1.85. The van der Waals surface area contributed by atoms with Gasteiger partial charge in [0.2, 0.25) is 0 Å². The lowest BCUT2D eigenvalue weighted by molar-refractivity contribution is 0.268. The fourth-order valence-electron chi connectivity index (χ4n) is 2.22. The molecule has 5 heterocycles. The van der Waals surface area contributed by atoms with E-state index in [4.69, 9.17) is 4.74 Å². The molecule has 4 aromatic rings. The normalized spacial score (nSPS) is 9.38. The van der Waals surface area contributed by atoms with E-state index in [1.165, 1.54) is 21.7 Å². The molecule has 0 N–H and O–H groups in total. The molecule has 0 spiro atoms. The second-order valence-corrected chi connectivity index (χ2v) is 8.91. The van der Waals surface area contributed by atoms with Gasteiger partial charge in [0, 0.05) is 66.3 Å². The number of rotatable bonds is 0. The van der Waals surface area contributed by atoms with Gasteiger partial charge in [-0.3, -0.25) is 19.6 Å². The number of thioether (sulfide) groups is 1. The van der Waals surface area contributed by atoms with E-state index in [0.29, 0.717) is 0 Å². The second kappa shape index (κ2) is 45.0. The van der Waals surface area contributed by atoms with Gasteiger partial charge in [-0.1, -0.05) is 81.4 Å². The number of hydrogen-bond donors (Lipinski definition) is 0. The number of aryl methyl sites for hydroxylation is 5. The van der Waals surface area contributed by atoms with E-state index in [-0.39, 0.29) is 0 Å². The summed E-state index contributed by atoms with van der Waals surface area (Å²) in [6.07, 6.45) is 12.6. The maximum Gasteiger partial charge on any atom is 0.0967 e. The predicted molar refractivity (Wildman–Crippen MR) is 204 cm³/mol. The van der Waals surface area contributed by atoms with Gasteiger partial charge >= 0.3 is 0 Å². The zero-order valence-corrected chi connectivity index (χ0v) is 32.4. The minimum absolute atomic E-state index is 0.877. The predicted octanol–water partition coefficient (Wildman–Crippen LogP) is 11.6. The van der Waals surface area contributed by atoms with Gasteiger partial charge in [0.25, 0.3) is 0 Å². The van der Waals surface area contributed by atoms with Crippen LogP contribution in [0.15, 0.2) is 96.9 Å². The summed E-state index contributed by atoms with van der Waals surface area (Å²) in [5.74, 6) is 1.11. The highest BCUT2D eigenvalue weighted by atomic mass is 32.2. The number of aromatic nitrogens is 5. The molecule has 1 aliphatic heterocycles. The molecule has 45 heavy (non-hydrogen) atoms. The molecular weight excluding hydrogens is 575 g/mol. The van der Waals surface area contributed by atoms with Gasteiger partial charge in [-0.15, -0.1) is 11.8 Å². The highest BCUT2D eigenvalue weighted by Crippen LogP contribution is 2.17. The van der Waals surface area contributed by atoms with Crippen LogP contribution < -0.4 is 0 Å². The third-order valence-electron chi connectivity index (χ3n) is 4.32. The number of allylic oxidation sites excluding steroid dienone is 1. The molecule has 1 aliphatic rings. The Morgan fingerprint density at radius 1 is 0.622 bits per heavy atom. The topological polar surface area (TPSA) is 65.7 Å². The Kier molecular flexibility index (Phi) is 51.1. The quantitative estimate of drug-likeness (QED) is 0.190. The average Bonchev–Trinajstić information content (AvgIpc) is 3.50. The lowest BCUT2D eigenvalue weighted by Gasteiger charge is -2.07. The summed E-state index contributed by atoms with van der Waals surface area (Å²) in [7, 11) is 1.93. The summed E-state index contributed by atoms with van der Waals surface area (Å²) in [4.78, 5) is 13.0. The molecule has 0 aliphatic carbocycles. The standard InChI is InChI=1S/3C6H7N.C5H8N2.C5H8OS.5C2H6/c1-6-2-4-7-5-3-6;1-6-3-2-4-7-5-6;1-6-4-2-3-5-7-6;1-5-3-4-6-7(5)2;1-5-4-6-2-3-7-5;5*1-2/h3*2-5H,1H3;3-4H,1-2H3;4H,2-3H2,1H3;5*1-2H3. The smallest absolute Gasteiger partial charge is 0.0967 e. The maximum absolute atomic E-state index is 5.00. The molecule has 5 rings (SSSR count). The SMILES string of the molecule is CC.CC.CC.CC.CC.CC1=COCCS1.Cc1ccccn1.Cc1cccnc1.Cc1ccncc1.Cc1ccnn1C. The van der Waals surface area contributed by atoms with Crippen molar-refractivity contribution < 1.29 is 4.74 Å². The average molecular weight is 642 g/mol. The van der Waals surface area contributed by atoms with Crippen molar-refractivity contribution in [2.24, 2.45) is 7.05 Å². The van der Waals surface area contributed by atoms with Crippen LogP contribution in [0.25, 0.3) is 0 Å². The summed E-state index contributed by atoms with van der Waals surface area (Å²) in [6.45, 7) is 31.0. The van der Waals surface area contributed by atoms with Gasteiger partial charge in [0.1, 0.15) is 0 Å². The first-order chi connectivity index (χ1) is 21.9. The zero-order chi connectivity index (χ0) is 35.7. The summed E-state index contributed by atoms with van der Waals surface area (Å²) in [5, 5.41) is 3.93. The Morgan fingerprint density at radius 3 is 1.42 bits per heavy atom. The van der Waals surface area contributed by atoms with Crippen LogP contribution in [-0.2, 0) is 11.8 Å². The first-order valence-electron chi connectivity index (χ1n) is 16.3. The maximum atomic E-state index is 5.00. The second-order valence-electron chi connectivity index (χ2n) is 7.57. The van der Waals surface area contributed by atoms with Crippen molar-refractivity contribution in [3.63, 3.8) is 0 Å². The minimum atomic E-state index is 0.877. The number of hydrogen-bond acceptors (Lipinski definition) is 6. The minimum Gasteiger partial charge on any atom is -0.500 e. The monoisotopic (exact) mass is 642 g/mol. The summed E-state index contributed by atoms with van der Waals surface area (Å²) in [6, 6.07) is 15.7. The van der Waals surface area contributed by atoms with E-state index >= 15 is 0 Å². The van der Waals surface area contributed by atoms with Gasteiger partial charge in [0.05, 0.1) is 12.9 Å². The van der Waals surface area contributed by atoms with Gasteiger partial charge < -0.3 is 4.74 Å². The molecule has 6 nitrogen and oxygen atoms in total. The lowest BCUT2D eigenvalue weighted by atomic mass is 10.3. The molecule has 0 bridgehead atoms. The number of ether oxygens (including phenoxy) is 1. The molecule has 0 fully saturated rings. The van der Waals surface area contributed by atoms with Crippen LogP contribution in [0.1, 0.15) is 98.7 Å². The van der Waals surface area contributed by atoms with Gasteiger partial charge in [-0.05, 0) is 82.1 Å². The van der Waals surface area contributed by atoms with Crippen LogP contribution in [-0.4, -0.2) is 37.1 Å². The van der Waals surface area contributed by atoms with Crippen LogP contribution >= 0.6 is 11.8 Å². The molecule has 0 amide bonds. The van der Waals surface area contributed by atoms with E-state index in [0.717, 1.165) is 18.1 Å². The van der Waals surface area contributed by atoms with Gasteiger partial charge in [-0.2, -0.15) is 5.10 Å². The molecule has 0 saturated carbocycles. The van der Waals surface area contributed by atoms with Crippen molar-refractivity contribution in [2.45, 2.75) is 104 Å². The highest BCUT2D eigenvalue weighted by Gasteiger charge is 1.96. The molecule has 0 radical (unpaired) electrons. The van der Waals surface area contributed by atoms with Crippen LogP contribution in [0, 0.1) is 27.7 Å². The van der Waals surface area contributed by atoms with Crippen molar-refractivity contribution >= 4 is 11.8 Å². The number of pyridine rings is 3. The summed E-state index contributed by atoms with van der Waals surface area (Å²) < 4.78 is 6.83. The lowest BCUT2D eigenvalue weighted by Crippen LogP contribution is -1.96. The molecule has 0 saturated heterocycles. The molecule has 0 aromatic carbocycles. The van der Waals surface area contributed by atoms with Crippen molar-refractivity contribution in [3.05, 3.63) is 119 Å². The Hall–Kier alpha value is -3.45. The van der Waals surface area contributed by atoms with Crippen LogP contribution in [0.5, 0.6) is 0 Å². The van der Waals surface area contributed by atoms with Crippen LogP contribution in [0.4, 0.5) is 0 Å². The van der Waals surface area contributed by atoms with Crippen molar-refractivity contribution in [2.75, 3.05) is 12.4 Å². The fraction of sp³-hybridized carbons (Fsp3) is 0.474. The van der Waals surface area contributed by atoms with E-state index in [2.05, 4.69) is 27.0 Å². The molecule has 0 unspecified atom stereocenters. The van der Waals surface area contributed by atoms with E-state index in [1.54, 1.807) is 31.0 Å². The Bertz CT molecular complexity index is 952. The third-order valence-corrected chi connectivity index (χ3v) is 5.24. The van der Waals surface area contributed by atoms with E-state index in [9.17, 15) is 0 Å².